The van der Waals surface area contributed by atoms with Crippen molar-refractivity contribution < 1.29 is 18.8 Å². The third-order valence-corrected chi connectivity index (χ3v) is 6.24. The highest BCUT2D eigenvalue weighted by atomic mass is 35.5. The summed E-state index contributed by atoms with van der Waals surface area (Å²) in [4.78, 5) is 38.7. The summed E-state index contributed by atoms with van der Waals surface area (Å²) in [6.45, 7) is 3.48. The van der Waals surface area contributed by atoms with Crippen molar-refractivity contribution in [3.63, 3.8) is 0 Å². The number of halogens is 1. The van der Waals surface area contributed by atoms with Crippen molar-refractivity contribution in [1.82, 2.24) is 4.90 Å². The molecule has 32 heavy (non-hydrogen) atoms. The molecular formula is C24H19ClN2O4S. The van der Waals surface area contributed by atoms with Gasteiger partial charge in [-0.3, -0.25) is 19.3 Å². The number of nitrogens with one attached hydrogen (secondary N) is 1. The molecule has 162 valence electrons. The molecule has 0 aliphatic carbocycles. The first-order valence-electron chi connectivity index (χ1n) is 9.79. The Balaban J connectivity index is 1.45. The van der Waals surface area contributed by atoms with E-state index >= 15 is 0 Å². The third-order valence-electron chi connectivity index (χ3n) is 5.08. The van der Waals surface area contributed by atoms with E-state index in [2.05, 4.69) is 5.32 Å². The van der Waals surface area contributed by atoms with Crippen LogP contribution >= 0.6 is 23.4 Å². The minimum atomic E-state index is -0.527. The van der Waals surface area contributed by atoms with Crippen LogP contribution in [0.1, 0.15) is 16.9 Å². The van der Waals surface area contributed by atoms with Gasteiger partial charge in [-0.2, -0.15) is 0 Å². The number of thioether (sulfide) groups is 1. The molecule has 0 bridgehead atoms. The molecule has 0 atom stereocenters. The summed E-state index contributed by atoms with van der Waals surface area (Å²) in [5, 5.41) is 2.89. The molecular weight excluding hydrogens is 448 g/mol. The van der Waals surface area contributed by atoms with Crippen LogP contribution in [-0.2, 0) is 9.59 Å². The SMILES string of the molecule is Cc1cccc(NC(=O)CN2C(=O)S/C(=C/c3ccc(-c4ccc(Cl)cc4)o3)C2=O)c1C. The minimum absolute atomic E-state index is 0.201. The van der Waals surface area contributed by atoms with Gasteiger partial charge in [-0.05, 0) is 79.2 Å². The number of aryl methyl sites for hydroxylation is 1. The largest absolute Gasteiger partial charge is 0.457 e. The lowest BCUT2D eigenvalue weighted by atomic mass is 10.1. The van der Waals surface area contributed by atoms with Gasteiger partial charge in [0.2, 0.25) is 5.91 Å². The van der Waals surface area contributed by atoms with E-state index in [0.29, 0.717) is 22.2 Å². The van der Waals surface area contributed by atoms with Crippen LogP contribution in [0.5, 0.6) is 0 Å². The van der Waals surface area contributed by atoms with Crippen molar-refractivity contribution in [1.29, 1.82) is 0 Å². The number of rotatable bonds is 5. The Hall–Kier alpha value is -3.29. The van der Waals surface area contributed by atoms with Crippen molar-refractivity contribution in [2.75, 3.05) is 11.9 Å². The van der Waals surface area contributed by atoms with Crippen LogP contribution in [0.3, 0.4) is 0 Å². The molecule has 0 unspecified atom stereocenters. The van der Waals surface area contributed by atoms with Gasteiger partial charge >= 0.3 is 0 Å². The van der Waals surface area contributed by atoms with Crippen molar-refractivity contribution in [3.8, 4) is 11.3 Å². The number of hydrogen-bond donors (Lipinski definition) is 1. The monoisotopic (exact) mass is 466 g/mol. The summed E-state index contributed by atoms with van der Waals surface area (Å²) < 4.78 is 5.78. The Morgan fingerprint density at radius 2 is 1.84 bits per heavy atom. The molecule has 1 fully saturated rings. The normalized spacial score (nSPS) is 15.0. The lowest BCUT2D eigenvalue weighted by molar-refractivity contribution is -0.127. The molecule has 1 aliphatic rings. The Labute approximate surface area is 194 Å². The molecule has 3 aromatic rings. The molecule has 0 spiro atoms. The number of anilines is 1. The molecule has 3 amide bonds. The molecule has 2 heterocycles. The van der Waals surface area contributed by atoms with E-state index in [1.165, 1.54) is 6.08 Å². The number of hydrogen-bond acceptors (Lipinski definition) is 5. The quantitative estimate of drug-likeness (QED) is 0.474. The molecule has 2 aromatic carbocycles. The average molecular weight is 467 g/mol. The van der Waals surface area contributed by atoms with E-state index in [1.807, 2.05) is 38.1 Å². The van der Waals surface area contributed by atoms with Gasteiger partial charge in [-0.25, -0.2) is 0 Å². The number of amides is 3. The van der Waals surface area contributed by atoms with Crippen molar-refractivity contribution in [3.05, 3.63) is 81.4 Å². The van der Waals surface area contributed by atoms with E-state index in [1.54, 1.807) is 30.3 Å². The highest BCUT2D eigenvalue weighted by molar-refractivity contribution is 8.18. The smallest absolute Gasteiger partial charge is 0.294 e. The van der Waals surface area contributed by atoms with Crippen LogP contribution in [-0.4, -0.2) is 28.5 Å². The van der Waals surface area contributed by atoms with Gasteiger partial charge in [-0.1, -0.05) is 23.7 Å². The third kappa shape index (κ3) is 4.64. The lowest BCUT2D eigenvalue weighted by Crippen LogP contribution is -2.36. The van der Waals surface area contributed by atoms with Gasteiger partial charge < -0.3 is 9.73 Å². The van der Waals surface area contributed by atoms with Crippen molar-refractivity contribution in [2.45, 2.75) is 13.8 Å². The number of benzene rings is 2. The summed E-state index contributed by atoms with van der Waals surface area (Å²) in [5.74, 6) is 0.0752. The van der Waals surface area contributed by atoms with Crippen LogP contribution in [0.2, 0.25) is 5.02 Å². The molecule has 0 radical (unpaired) electrons. The first-order chi connectivity index (χ1) is 15.3. The van der Waals surface area contributed by atoms with Crippen molar-refractivity contribution in [2.24, 2.45) is 0 Å². The second-order valence-electron chi connectivity index (χ2n) is 7.27. The first-order valence-corrected chi connectivity index (χ1v) is 11.0. The Morgan fingerprint density at radius 1 is 1.09 bits per heavy atom. The van der Waals surface area contributed by atoms with E-state index in [-0.39, 0.29) is 11.4 Å². The number of carbonyl (C=O) groups is 3. The fraction of sp³-hybridized carbons (Fsp3) is 0.125. The maximum atomic E-state index is 12.7. The Kier molecular flexibility index (Phi) is 6.21. The second kappa shape index (κ2) is 9.06. The highest BCUT2D eigenvalue weighted by Crippen LogP contribution is 2.33. The lowest BCUT2D eigenvalue weighted by Gasteiger charge is -2.14. The zero-order chi connectivity index (χ0) is 22.8. The average Bonchev–Trinajstić information content (AvgIpc) is 3.32. The molecule has 4 rings (SSSR count). The topological polar surface area (TPSA) is 79.6 Å². The molecule has 1 saturated heterocycles. The van der Waals surface area contributed by atoms with E-state index < -0.39 is 17.1 Å². The number of furan rings is 1. The number of carbonyl (C=O) groups excluding carboxylic acids is 3. The molecule has 1 aliphatic heterocycles. The number of nitrogens with zero attached hydrogens (tertiary/aromatic N) is 1. The summed E-state index contributed by atoms with van der Waals surface area (Å²) >= 11 is 6.69. The summed E-state index contributed by atoms with van der Waals surface area (Å²) in [5.41, 5.74) is 3.46. The molecule has 0 saturated carbocycles. The standard InChI is InChI=1S/C24H19ClN2O4S/c1-14-4-3-5-19(15(14)2)26-22(28)13-27-23(29)21(32-24(27)30)12-18-10-11-20(31-18)16-6-8-17(25)9-7-16/h3-12H,13H2,1-2H3,(H,26,28)/b21-12+. The molecule has 1 aromatic heterocycles. The van der Waals surface area contributed by atoms with E-state index in [9.17, 15) is 14.4 Å². The fourth-order valence-corrected chi connectivity index (χ4v) is 4.13. The van der Waals surface area contributed by atoms with Crippen LogP contribution in [0.25, 0.3) is 17.4 Å². The minimum Gasteiger partial charge on any atom is -0.457 e. The van der Waals surface area contributed by atoms with Gasteiger partial charge in [0.15, 0.2) is 0 Å². The van der Waals surface area contributed by atoms with Crippen LogP contribution < -0.4 is 5.32 Å². The maximum Gasteiger partial charge on any atom is 0.294 e. The van der Waals surface area contributed by atoms with E-state index in [4.69, 9.17) is 16.0 Å². The summed E-state index contributed by atoms with van der Waals surface area (Å²) in [6.07, 6.45) is 1.51. The van der Waals surface area contributed by atoms with Gasteiger partial charge in [-0.15, -0.1) is 0 Å². The molecule has 1 N–H and O–H groups in total. The van der Waals surface area contributed by atoms with E-state index in [0.717, 1.165) is 33.4 Å². The zero-order valence-electron chi connectivity index (χ0n) is 17.3. The maximum absolute atomic E-state index is 12.7. The fourth-order valence-electron chi connectivity index (χ4n) is 3.19. The molecule has 8 heteroatoms. The first kappa shape index (κ1) is 21.9. The summed E-state index contributed by atoms with van der Waals surface area (Å²) in [6, 6.07) is 16.2. The van der Waals surface area contributed by atoms with Gasteiger partial charge in [0, 0.05) is 22.3 Å². The van der Waals surface area contributed by atoms with Gasteiger partial charge in [0.25, 0.3) is 11.1 Å². The highest BCUT2D eigenvalue weighted by Gasteiger charge is 2.36. The molecule has 6 nitrogen and oxygen atoms in total. The van der Waals surface area contributed by atoms with Crippen LogP contribution in [0.4, 0.5) is 10.5 Å². The zero-order valence-corrected chi connectivity index (χ0v) is 18.9. The Bertz CT molecular complexity index is 1250. The second-order valence-corrected chi connectivity index (χ2v) is 8.70. The number of imide groups is 1. The van der Waals surface area contributed by atoms with Gasteiger partial charge in [0.1, 0.15) is 18.1 Å². The van der Waals surface area contributed by atoms with Gasteiger partial charge in [0.05, 0.1) is 4.91 Å². The summed E-state index contributed by atoms with van der Waals surface area (Å²) in [7, 11) is 0. The Morgan fingerprint density at radius 3 is 2.59 bits per heavy atom. The predicted molar refractivity (Wildman–Crippen MR) is 126 cm³/mol. The van der Waals surface area contributed by atoms with Crippen molar-refractivity contribution >= 4 is 52.2 Å². The van der Waals surface area contributed by atoms with Crippen LogP contribution in [0, 0.1) is 13.8 Å². The predicted octanol–water partition coefficient (Wildman–Crippen LogP) is 5.89. The van der Waals surface area contributed by atoms with Crippen LogP contribution in [0.15, 0.2) is 63.9 Å².